The highest BCUT2D eigenvalue weighted by Crippen LogP contribution is 2.22. The number of amides is 1. The van der Waals surface area contributed by atoms with Gasteiger partial charge >= 0.3 is 0 Å². The number of carbonyl (C=O) groups is 1. The Balaban J connectivity index is 1.68. The summed E-state index contributed by atoms with van der Waals surface area (Å²) in [7, 11) is 0. The van der Waals surface area contributed by atoms with Gasteiger partial charge < -0.3 is 9.64 Å². The standard InChI is InChI=1S/C17H20BrN3O2/c1-12-8-20(9-13(2)23-12)17(22)11-21-10-15(7-19-21)14-4-3-5-16(18)6-14/h3-7,10,12-13H,8-9,11H2,1-2H3/t12-,13-/m1/s1. The van der Waals surface area contributed by atoms with Crippen LogP contribution in [-0.4, -0.2) is 45.9 Å². The fourth-order valence-corrected chi connectivity index (χ4v) is 3.29. The molecular weight excluding hydrogens is 358 g/mol. The number of halogens is 1. The number of hydrogen-bond acceptors (Lipinski definition) is 3. The van der Waals surface area contributed by atoms with E-state index in [0.717, 1.165) is 15.6 Å². The normalized spacial score (nSPS) is 21.4. The quantitative estimate of drug-likeness (QED) is 0.825. The molecule has 1 aromatic heterocycles. The van der Waals surface area contributed by atoms with Crippen LogP contribution in [0.3, 0.4) is 0 Å². The minimum atomic E-state index is 0.0795. The van der Waals surface area contributed by atoms with Crippen molar-refractivity contribution in [3.8, 4) is 11.1 Å². The Morgan fingerprint density at radius 3 is 2.74 bits per heavy atom. The van der Waals surface area contributed by atoms with Crippen LogP contribution in [0.1, 0.15) is 13.8 Å². The second-order valence-corrected chi connectivity index (χ2v) is 6.91. The lowest BCUT2D eigenvalue weighted by molar-refractivity contribution is -0.144. The molecule has 3 rings (SSSR count). The first-order valence-corrected chi connectivity index (χ1v) is 8.52. The van der Waals surface area contributed by atoms with Gasteiger partial charge in [0, 0.05) is 29.3 Å². The Morgan fingerprint density at radius 1 is 1.30 bits per heavy atom. The molecule has 0 aliphatic carbocycles. The van der Waals surface area contributed by atoms with Gasteiger partial charge in [0.2, 0.25) is 5.91 Å². The van der Waals surface area contributed by atoms with Crippen molar-refractivity contribution in [1.29, 1.82) is 0 Å². The summed E-state index contributed by atoms with van der Waals surface area (Å²) in [5.74, 6) is 0.0795. The molecule has 0 spiro atoms. The lowest BCUT2D eigenvalue weighted by Gasteiger charge is -2.35. The van der Waals surface area contributed by atoms with E-state index in [-0.39, 0.29) is 24.7 Å². The molecule has 2 aromatic rings. The van der Waals surface area contributed by atoms with Gasteiger partial charge in [0.1, 0.15) is 6.54 Å². The van der Waals surface area contributed by atoms with Crippen molar-refractivity contribution in [3.63, 3.8) is 0 Å². The minimum Gasteiger partial charge on any atom is -0.372 e. The van der Waals surface area contributed by atoms with Crippen molar-refractivity contribution in [2.24, 2.45) is 0 Å². The minimum absolute atomic E-state index is 0.0795. The number of nitrogens with zero attached hydrogens (tertiary/aromatic N) is 3. The van der Waals surface area contributed by atoms with Crippen LogP contribution in [0.2, 0.25) is 0 Å². The van der Waals surface area contributed by atoms with Crippen LogP contribution in [-0.2, 0) is 16.1 Å². The first-order valence-electron chi connectivity index (χ1n) is 7.73. The molecule has 0 bridgehead atoms. The fraction of sp³-hybridized carbons (Fsp3) is 0.412. The predicted molar refractivity (Wildman–Crippen MR) is 92.0 cm³/mol. The molecule has 2 atom stereocenters. The molecule has 2 heterocycles. The van der Waals surface area contributed by atoms with Crippen LogP contribution < -0.4 is 0 Å². The van der Waals surface area contributed by atoms with Crippen LogP contribution in [0.5, 0.6) is 0 Å². The molecule has 1 fully saturated rings. The van der Waals surface area contributed by atoms with Gasteiger partial charge in [-0.2, -0.15) is 5.10 Å². The maximum atomic E-state index is 12.5. The van der Waals surface area contributed by atoms with Gasteiger partial charge in [0.05, 0.1) is 18.4 Å². The zero-order valence-electron chi connectivity index (χ0n) is 13.3. The van der Waals surface area contributed by atoms with Crippen LogP contribution >= 0.6 is 15.9 Å². The third kappa shape index (κ3) is 4.00. The van der Waals surface area contributed by atoms with E-state index in [1.165, 1.54) is 0 Å². The topological polar surface area (TPSA) is 47.4 Å². The van der Waals surface area contributed by atoms with Crippen LogP contribution in [0.4, 0.5) is 0 Å². The SMILES string of the molecule is C[C@@H]1CN(C(=O)Cn2cc(-c3cccc(Br)c3)cn2)C[C@@H](C)O1. The zero-order valence-corrected chi connectivity index (χ0v) is 14.9. The molecule has 0 unspecified atom stereocenters. The van der Waals surface area contributed by atoms with Crippen LogP contribution in [0, 0.1) is 0 Å². The van der Waals surface area contributed by atoms with Crippen molar-refractivity contribution < 1.29 is 9.53 Å². The number of morpholine rings is 1. The Bertz CT molecular complexity index is 691. The van der Waals surface area contributed by atoms with E-state index in [1.54, 1.807) is 10.9 Å². The van der Waals surface area contributed by atoms with Gasteiger partial charge in [-0.15, -0.1) is 0 Å². The Labute approximate surface area is 144 Å². The molecule has 1 aliphatic heterocycles. The van der Waals surface area contributed by atoms with Gasteiger partial charge in [0.15, 0.2) is 0 Å². The summed E-state index contributed by atoms with van der Waals surface area (Å²) < 4.78 is 8.39. The van der Waals surface area contributed by atoms with Gasteiger partial charge in [-0.1, -0.05) is 28.1 Å². The molecular formula is C17H20BrN3O2. The lowest BCUT2D eigenvalue weighted by Crippen LogP contribution is -2.49. The van der Waals surface area contributed by atoms with Gasteiger partial charge in [-0.25, -0.2) is 0 Å². The monoisotopic (exact) mass is 377 g/mol. The highest BCUT2D eigenvalue weighted by atomic mass is 79.9. The van der Waals surface area contributed by atoms with Crippen molar-refractivity contribution in [1.82, 2.24) is 14.7 Å². The van der Waals surface area contributed by atoms with Crippen LogP contribution in [0.15, 0.2) is 41.1 Å². The van der Waals surface area contributed by atoms with Crippen LogP contribution in [0.25, 0.3) is 11.1 Å². The molecule has 1 amide bonds. The zero-order chi connectivity index (χ0) is 16.4. The second-order valence-electron chi connectivity index (χ2n) is 5.99. The Kier molecular flexibility index (Phi) is 4.82. The molecule has 0 radical (unpaired) electrons. The summed E-state index contributed by atoms with van der Waals surface area (Å²) in [6.45, 7) is 5.53. The molecule has 1 saturated heterocycles. The maximum Gasteiger partial charge on any atom is 0.244 e. The highest BCUT2D eigenvalue weighted by molar-refractivity contribution is 9.10. The van der Waals surface area contributed by atoms with Crippen molar-refractivity contribution in [3.05, 3.63) is 41.1 Å². The lowest BCUT2D eigenvalue weighted by atomic mass is 10.1. The van der Waals surface area contributed by atoms with E-state index in [9.17, 15) is 4.79 Å². The molecule has 23 heavy (non-hydrogen) atoms. The van der Waals surface area contributed by atoms with E-state index in [0.29, 0.717) is 13.1 Å². The fourth-order valence-electron chi connectivity index (χ4n) is 2.89. The molecule has 122 valence electrons. The average Bonchev–Trinajstić information content (AvgIpc) is 2.95. The molecule has 6 heteroatoms. The third-order valence-corrected chi connectivity index (χ3v) is 4.35. The third-order valence-electron chi connectivity index (χ3n) is 3.86. The van der Waals surface area contributed by atoms with Gasteiger partial charge in [-0.05, 0) is 31.5 Å². The van der Waals surface area contributed by atoms with Gasteiger partial charge in [-0.3, -0.25) is 9.48 Å². The first kappa shape index (κ1) is 16.2. The van der Waals surface area contributed by atoms with Crippen molar-refractivity contribution in [2.75, 3.05) is 13.1 Å². The summed E-state index contributed by atoms with van der Waals surface area (Å²) in [6, 6.07) is 8.03. The largest absolute Gasteiger partial charge is 0.372 e. The summed E-state index contributed by atoms with van der Waals surface area (Å²) in [5.41, 5.74) is 2.08. The van der Waals surface area contributed by atoms with E-state index in [2.05, 4.69) is 21.0 Å². The number of rotatable bonds is 3. The Hall–Kier alpha value is -1.66. The van der Waals surface area contributed by atoms with Gasteiger partial charge in [0.25, 0.3) is 0 Å². The number of benzene rings is 1. The summed E-state index contributed by atoms with van der Waals surface area (Å²) in [5, 5.41) is 4.32. The van der Waals surface area contributed by atoms with Crippen molar-refractivity contribution >= 4 is 21.8 Å². The smallest absolute Gasteiger partial charge is 0.244 e. The molecule has 1 aromatic carbocycles. The van der Waals surface area contributed by atoms with E-state index < -0.39 is 0 Å². The number of aromatic nitrogens is 2. The molecule has 0 N–H and O–H groups in total. The molecule has 1 aliphatic rings. The van der Waals surface area contributed by atoms with E-state index >= 15 is 0 Å². The van der Waals surface area contributed by atoms with E-state index in [4.69, 9.17) is 4.74 Å². The maximum absolute atomic E-state index is 12.5. The van der Waals surface area contributed by atoms with E-state index in [1.807, 2.05) is 49.2 Å². The number of hydrogen-bond donors (Lipinski definition) is 0. The summed E-state index contributed by atoms with van der Waals surface area (Å²) in [4.78, 5) is 14.3. The molecule has 5 nitrogen and oxygen atoms in total. The second kappa shape index (κ2) is 6.84. The highest BCUT2D eigenvalue weighted by Gasteiger charge is 2.25. The average molecular weight is 378 g/mol. The Morgan fingerprint density at radius 2 is 2.04 bits per heavy atom. The molecule has 0 saturated carbocycles. The first-order chi connectivity index (χ1) is 11.0. The summed E-state index contributed by atoms with van der Waals surface area (Å²) in [6.07, 6.45) is 3.86. The number of carbonyl (C=O) groups excluding carboxylic acids is 1. The number of ether oxygens (including phenoxy) is 1. The van der Waals surface area contributed by atoms with Crippen molar-refractivity contribution in [2.45, 2.75) is 32.6 Å². The predicted octanol–water partition coefficient (Wildman–Crippen LogP) is 2.95. The summed E-state index contributed by atoms with van der Waals surface area (Å²) >= 11 is 3.47.